The predicted molar refractivity (Wildman–Crippen MR) is 89.4 cm³/mol. The largest absolute Gasteiger partial charge is 0.289 e. The number of nitrogens with one attached hydrogen (secondary N) is 1. The van der Waals surface area contributed by atoms with Crippen LogP contribution in [0, 0.1) is 10.1 Å². The molecule has 2 aromatic rings. The van der Waals surface area contributed by atoms with E-state index in [-0.39, 0.29) is 21.3 Å². The van der Waals surface area contributed by atoms with Crippen molar-refractivity contribution in [2.45, 2.75) is 24.7 Å². The van der Waals surface area contributed by atoms with Crippen molar-refractivity contribution >= 4 is 33.0 Å². The van der Waals surface area contributed by atoms with Crippen LogP contribution >= 0.6 is 11.6 Å². The highest BCUT2D eigenvalue weighted by Gasteiger charge is 2.18. The molecule has 0 fully saturated rings. The van der Waals surface area contributed by atoms with E-state index in [0.29, 0.717) is 5.92 Å². The minimum atomic E-state index is -3.83. The molecule has 0 aliphatic carbocycles. The number of halogens is 1. The van der Waals surface area contributed by atoms with E-state index in [9.17, 15) is 18.5 Å². The standard InChI is InChI=1S/C15H15ClN2O4S/c1-10(2)11-3-6-13(7-4-11)23(21,22)17-12-5-8-14(16)15(9-12)18(19)20/h3-10,17H,1-2H3. The molecule has 2 rings (SSSR count). The molecule has 0 unspecified atom stereocenters. The van der Waals surface area contributed by atoms with Gasteiger partial charge in [0, 0.05) is 6.07 Å². The highest BCUT2D eigenvalue weighted by molar-refractivity contribution is 7.92. The average molecular weight is 355 g/mol. The van der Waals surface area contributed by atoms with Crippen molar-refractivity contribution in [3.8, 4) is 0 Å². The summed E-state index contributed by atoms with van der Waals surface area (Å²) >= 11 is 5.71. The lowest BCUT2D eigenvalue weighted by Crippen LogP contribution is -2.13. The van der Waals surface area contributed by atoms with Gasteiger partial charge in [0.05, 0.1) is 15.5 Å². The first-order chi connectivity index (χ1) is 10.7. The van der Waals surface area contributed by atoms with Crippen LogP contribution in [0.5, 0.6) is 0 Å². The van der Waals surface area contributed by atoms with Gasteiger partial charge in [-0.05, 0) is 35.7 Å². The first-order valence-corrected chi connectivity index (χ1v) is 8.63. The van der Waals surface area contributed by atoms with E-state index >= 15 is 0 Å². The number of hydrogen-bond donors (Lipinski definition) is 1. The number of nitrogens with zero attached hydrogens (tertiary/aromatic N) is 1. The second-order valence-electron chi connectivity index (χ2n) is 5.25. The van der Waals surface area contributed by atoms with Gasteiger partial charge >= 0.3 is 0 Å². The van der Waals surface area contributed by atoms with Crippen LogP contribution in [-0.4, -0.2) is 13.3 Å². The van der Waals surface area contributed by atoms with E-state index in [0.717, 1.165) is 11.6 Å². The van der Waals surface area contributed by atoms with Crippen molar-refractivity contribution in [1.29, 1.82) is 0 Å². The molecule has 23 heavy (non-hydrogen) atoms. The lowest BCUT2D eigenvalue weighted by atomic mass is 10.0. The van der Waals surface area contributed by atoms with Crippen molar-refractivity contribution in [2.24, 2.45) is 0 Å². The molecule has 0 aromatic heterocycles. The lowest BCUT2D eigenvalue weighted by molar-refractivity contribution is -0.384. The Morgan fingerprint density at radius 3 is 2.26 bits per heavy atom. The molecule has 6 nitrogen and oxygen atoms in total. The van der Waals surface area contributed by atoms with Gasteiger partial charge in [-0.1, -0.05) is 37.6 Å². The van der Waals surface area contributed by atoms with Crippen molar-refractivity contribution in [1.82, 2.24) is 0 Å². The van der Waals surface area contributed by atoms with Gasteiger partial charge < -0.3 is 0 Å². The van der Waals surface area contributed by atoms with E-state index in [4.69, 9.17) is 11.6 Å². The summed E-state index contributed by atoms with van der Waals surface area (Å²) in [5, 5.41) is 10.8. The lowest BCUT2D eigenvalue weighted by Gasteiger charge is -2.10. The van der Waals surface area contributed by atoms with Crippen LogP contribution in [0.15, 0.2) is 47.4 Å². The molecule has 0 bridgehead atoms. The van der Waals surface area contributed by atoms with Crippen LogP contribution in [-0.2, 0) is 10.0 Å². The van der Waals surface area contributed by atoms with Gasteiger partial charge in [-0.3, -0.25) is 14.8 Å². The number of anilines is 1. The molecule has 8 heteroatoms. The summed E-state index contributed by atoms with van der Waals surface area (Å²) < 4.78 is 27.0. The Hall–Kier alpha value is -2.12. The molecule has 1 N–H and O–H groups in total. The molecule has 0 atom stereocenters. The highest BCUT2D eigenvalue weighted by atomic mass is 35.5. The fraction of sp³-hybridized carbons (Fsp3) is 0.200. The van der Waals surface area contributed by atoms with Crippen molar-refractivity contribution < 1.29 is 13.3 Å². The molecule has 0 spiro atoms. The Labute approximate surface area is 139 Å². The fourth-order valence-electron chi connectivity index (χ4n) is 1.96. The Morgan fingerprint density at radius 1 is 1.13 bits per heavy atom. The summed E-state index contributed by atoms with van der Waals surface area (Å²) in [5.41, 5.74) is 0.738. The van der Waals surface area contributed by atoms with Crippen LogP contribution in [0.4, 0.5) is 11.4 Å². The molecule has 0 aliphatic rings. The van der Waals surface area contributed by atoms with E-state index in [1.165, 1.54) is 24.3 Å². The van der Waals surface area contributed by atoms with E-state index in [1.54, 1.807) is 12.1 Å². The van der Waals surface area contributed by atoms with Crippen LogP contribution in [0.2, 0.25) is 5.02 Å². The number of benzene rings is 2. The van der Waals surface area contributed by atoms with Crippen molar-refractivity contribution in [2.75, 3.05) is 4.72 Å². The Morgan fingerprint density at radius 2 is 1.74 bits per heavy atom. The summed E-state index contributed by atoms with van der Waals surface area (Å²) in [6.07, 6.45) is 0. The Balaban J connectivity index is 2.31. The van der Waals surface area contributed by atoms with E-state index in [1.807, 2.05) is 13.8 Å². The van der Waals surface area contributed by atoms with Crippen LogP contribution < -0.4 is 4.72 Å². The minimum Gasteiger partial charge on any atom is -0.279 e. The zero-order valence-corrected chi connectivity index (χ0v) is 14.1. The van der Waals surface area contributed by atoms with E-state index in [2.05, 4.69) is 4.72 Å². The molecular weight excluding hydrogens is 340 g/mol. The monoisotopic (exact) mass is 354 g/mol. The summed E-state index contributed by atoms with van der Waals surface area (Å²) in [4.78, 5) is 10.3. The number of nitro benzene ring substituents is 1. The van der Waals surface area contributed by atoms with E-state index < -0.39 is 14.9 Å². The Bertz CT molecular complexity index is 833. The molecular formula is C15H15ClN2O4S. The summed E-state index contributed by atoms with van der Waals surface area (Å²) in [6.45, 7) is 4.02. The minimum absolute atomic E-state index is 0.0563. The number of rotatable bonds is 5. The molecule has 0 aliphatic heterocycles. The third kappa shape index (κ3) is 4.00. The van der Waals surface area contributed by atoms with Gasteiger partial charge in [0.15, 0.2) is 0 Å². The molecule has 0 heterocycles. The maximum atomic E-state index is 12.3. The third-order valence-corrected chi connectivity index (χ3v) is 4.97. The van der Waals surface area contributed by atoms with Gasteiger partial charge in [0.2, 0.25) is 0 Å². The molecule has 122 valence electrons. The van der Waals surface area contributed by atoms with Gasteiger partial charge in [-0.25, -0.2) is 8.42 Å². The second-order valence-corrected chi connectivity index (χ2v) is 7.34. The zero-order valence-electron chi connectivity index (χ0n) is 12.5. The average Bonchev–Trinajstić information content (AvgIpc) is 2.48. The highest BCUT2D eigenvalue weighted by Crippen LogP contribution is 2.28. The van der Waals surface area contributed by atoms with Crippen LogP contribution in [0.3, 0.4) is 0 Å². The molecule has 0 saturated carbocycles. The predicted octanol–water partition coefficient (Wildman–Crippen LogP) is 4.17. The second kappa shape index (κ2) is 6.55. The van der Waals surface area contributed by atoms with Crippen molar-refractivity contribution in [3.63, 3.8) is 0 Å². The van der Waals surface area contributed by atoms with Crippen LogP contribution in [0.1, 0.15) is 25.3 Å². The fourth-order valence-corrected chi connectivity index (χ4v) is 3.20. The smallest absolute Gasteiger partial charge is 0.279 e. The van der Waals surface area contributed by atoms with Crippen molar-refractivity contribution in [3.05, 3.63) is 63.2 Å². The SMILES string of the molecule is CC(C)c1ccc(S(=O)(=O)Nc2ccc(Cl)c([N+](=O)[O-])c2)cc1. The summed E-state index contributed by atoms with van der Waals surface area (Å²) in [7, 11) is -3.83. The van der Waals surface area contributed by atoms with Gasteiger partial charge in [0.1, 0.15) is 5.02 Å². The number of nitro groups is 1. The number of sulfonamides is 1. The third-order valence-electron chi connectivity index (χ3n) is 3.25. The molecule has 0 saturated heterocycles. The first kappa shape index (κ1) is 17.2. The van der Waals surface area contributed by atoms with Crippen LogP contribution in [0.25, 0.3) is 0 Å². The zero-order chi connectivity index (χ0) is 17.2. The normalized spacial score (nSPS) is 11.5. The molecule has 0 amide bonds. The Kier molecular flexibility index (Phi) is 4.91. The maximum Gasteiger partial charge on any atom is 0.289 e. The topological polar surface area (TPSA) is 89.3 Å². The quantitative estimate of drug-likeness (QED) is 0.644. The summed E-state index contributed by atoms with van der Waals surface area (Å²) in [5.74, 6) is 0.290. The van der Waals surface area contributed by atoms with Gasteiger partial charge in [-0.15, -0.1) is 0 Å². The van der Waals surface area contributed by atoms with Gasteiger partial charge in [0.25, 0.3) is 15.7 Å². The number of hydrogen-bond acceptors (Lipinski definition) is 4. The summed E-state index contributed by atoms with van der Waals surface area (Å²) in [6, 6.07) is 10.2. The molecule has 0 radical (unpaired) electrons. The van der Waals surface area contributed by atoms with Gasteiger partial charge in [-0.2, -0.15) is 0 Å². The first-order valence-electron chi connectivity index (χ1n) is 6.77. The molecule has 2 aromatic carbocycles. The maximum absolute atomic E-state index is 12.3.